The summed E-state index contributed by atoms with van der Waals surface area (Å²) in [5, 5.41) is 25.3. The maximum Gasteiger partial charge on any atom is 0.407 e. The van der Waals surface area contributed by atoms with Crippen molar-refractivity contribution in [3.63, 3.8) is 0 Å². The van der Waals surface area contributed by atoms with Gasteiger partial charge >= 0.3 is 6.09 Å². The van der Waals surface area contributed by atoms with Crippen molar-refractivity contribution >= 4 is 64.8 Å². The van der Waals surface area contributed by atoms with Gasteiger partial charge in [0, 0.05) is 54.1 Å². The zero-order chi connectivity index (χ0) is 55.2. The Morgan fingerprint density at radius 2 is 1.25 bits per heavy atom. The normalized spacial score (nSPS) is 16.0. The van der Waals surface area contributed by atoms with E-state index in [2.05, 4.69) is 147 Å². The van der Waals surface area contributed by atoms with Crippen LogP contribution in [0, 0.1) is 10.8 Å². The van der Waals surface area contributed by atoms with Crippen LogP contribution in [-0.2, 0) is 20.9 Å². The molecule has 4 rings (SSSR count). The zero-order valence-electron chi connectivity index (χ0n) is 46.5. The third-order valence-electron chi connectivity index (χ3n) is 12.1. The summed E-state index contributed by atoms with van der Waals surface area (Å²) in [6.07, 6.45) is 38.3. The number of aliphatic hydroxyl groups is 2. The Balaban J connectivity index is 0.000000694. The lowest BCUT2D eigenvalue weighted by Gasteiger charge is -2.33. The van der Waals surface area contributed by atoms with Gasteiger partial charge in [-0.1, -0.05) is 141 Å². The smallest absolute Gasteiger partial charge is 0.407 e. The fourth-order valence-electron chi connectivity index (χ4n) is 8.28. The Kier molecular flexibility index (Phi) is 32.2. The van der Waals surface area contributed by atoms with Crippen molar-refractivity contribution in [2.45, 2.75) is 134 Å². The lowest BCUT2D eigenvalue weighted by atomic mass is 9.72. The van der Waals surface area contributed by atoms with Crippen LogP contribution < -0.4 is 26.3 Å². The lowest BCUT2D eigenvalue weighted by molar-refractivity contribution is -0.699. The van der Waals surface area contributed by atoms with Gasteiger partial charge in [0.15, 0.2) is 12.7 Å². The summed E-state index contributed by atoms with van der Waals surface area (Å²) < 4.78 is 7.92. The molecule has 2 heterocycles. The van der Waals surface area contributed by atoms with Gasteiger partial charge in [-0.2, -0.15) is 4.57 Å². The summed E-state index contributed by atoms with van der Waals surface area (Å²) >= 11 is 2.10. The van der Waals surface area contributed by atoms with Gasteiger partial charge in [0.05, 0.1) is 25.4 Å². The van der Waals surface area contributed by atoms with Crippen molar-refractivity contribution in [2.24, 2.45) is 10.8 Å². The molecule has 0 unspecified atom stereocenters. The van der Waals surface area contributed by atoms with Gasteiger partial charge in [0.2, 0.25) is 17.5 Å². The van der Waals surface area contributed by atoms with Gasteiger partial charge in [0.25, 0.3) is 0 Å². The molecule has 0 saturated heterocycles. The van der Waals surface area contributed by atoms with E-state index in [9.17, 15) is 19.5 Å². The lowest BCUT2D eigenvalue weighted by Crippen LogP contribution is -2.54. The number of hydrogen-bond acceptors (Lipinski definition) is 7. The van der Waals surface area contributed by atoms with Crippen molar-refractivity contribution < 1.29 is 39.6 Å². The molecule has 0 aromatic carbocycles. The van der Waals surface area contributed by atoms with E-state index in [-0.39, 0.29) is 43.2 Å². The van der Waals surface area contributed by atoms with Crippen LogP contribution in [0.1, 0.15) is 145 Å². The first-order chi connectivity index (χ1) is 35.0. The van der Waals surface area contributed by atoms with Gasteiger partial charge in [-0.05, 0) is 138 Å². The Labute approximate surface area is 465 Å². The molecule has 0 saturated carbocycles. The molecule has 3 amide bonds. The van der Waals surface area contributed by atoms with E-state index in [4.69, 9.17) is 9.84 Å². The maximum absolute atomic E-state index is 12.1. The number of nitrogens with zero attached hydrogens (tertiary/aromatic N) is 2. The molecule has 0 atom stereocenters. The molecule has 13 heteroatoms. The number of halogens is 1. The number of pyridine rings is 2. The topological polar surface area (TPSA) is 181 Å². The highest BCUT2D eigenvalue weighted by molar-refractivity contribution is 14.1. The van der Waals surface area contributed by atoms with Crippen molar-refractivity contribution in [1.82, 2.24) is 20.9 Å². The van der Waals surface area contributed by atoms with Gasteiger partial charge in [-0.25, -0.2) is 4.79 Å². The molecule has 412 valence electrons. The number of alkyl carbamates (subject to hydrolysis) is 1. The SMILES string of the molecule is C.CC1=C(/C=C/C(C)=C/C=C/c2cc[n+](CCO)c(/C=C/C(=O)NCC[NH3+])c2)C(C)(C)CCC1.CC1=C(/C=C/C(C)=C/C=C/c2ccnc(/C=C/C(=O)NCCNC(=O)OC(C)(C)C)c2)C(C)(C)CCC1.OCCI. The Hall–Kier alpha value is -5.48. The van der Waals surface area contributed by atoms with Crippen LogP contribution in [0.25, 0.3) is 24.3 Å². The van der Waals surface area contributed by atoms with E-state index < -0.39 is 11.7 Å². The third-order valence-corrected chi connectivity index (χ3v) is 12.6. The Morgan fingerprint density at radius 1 is 0.747 bits per heavy atom. The van der Waals surface area contributed by atoms with Crippen LogP contribution in [-0.4, -0.2) is 82.5 Å². The van der Waals surface area contributed by atoms with E-state index in [1.165, 1.54) is 84.1 Å². The first-order valence-corrected chi connectivity index (χ1v) is 27.5. The number of ether oxygens (including phenoxy) is 1. The van der Waals surface area contributed by atoms with Crippen molar-refractivity contribution in [1.29, 1.82) is 0 Å². The second-order valence-electron chi connectivity index (χ2n) is 20.8. The number of carbonyl (C=O) groups is 3. The third kappa shape index (κ3) is 28.3. The van der Waals surface area contributed by atoms with Gasteiger partial charge in [-0.15, -0.1) is 0 Å². The standard InChI is InChI=1S/C31H43N3O3.C28H39N3O2.C2H5IO.CH4/c1-23(13-15-27-24(2)11-9-18-31(27,6)7)10-8-12-25-17-19-32-26(22-25)14-16-28(35)33-20-21-34-29(36)37-30(3,4)5;1-22(10-12-26-23(2)8-6-15-28(26,3)4)7-5-9-24-14-18-31(19-20-32)25(21-24)11-13-27(33)30-17-16-29;3-1-2-4;/h8,10,12-17,19,22H,9,11,18,20-21H2,1-7H3,(H,33,35)(H,34,36);5,7,9-14,18,21,32H,6,8,15-17,19-20,29H2,1-4H3;4H,1-2H2;1H4/p+2/b12-8+,15-13+,16-14+,23-10+;9-5+,12-10+,13-11+,22-7+;;. The summed E-state index contributed by atoms with van der Waals surface area (Å²) in [5.41, 5.74) is 15.5. The number of hydrogen-bond donors (Lipinski definition) is 6. The molecule has 2 aliphatic carbocycles. The molecule has 0 aliphatic heterocycles. The van der Waals surface area contributed by atoms with Crippen molar-refractivity contribution in [2.75, 3.05) is 43.8 Å². The number of aliphatic hydroxyl groups excluding tert-OH is 2. The summed E-state index contributed by atoms with van der Waals surface area (Å²) in [6, 6.07) is 7.86. The number of amides is 3. The quantitative estimate of drug-likeness (QED) is 0.0191. The first kappa shape index (κ1) is 67.5. The fraction of sp³-hybridized carbons (Fsp3) is 0.468. The molecule has 12 nitrogen and oxygen atoms in total. The van der Waals surface area contributed by atoms with E-state index in [1.807, 2.05) is 53.3 Å². The minimum atomic E-state index is -0.553. The van der Waals surface area contributed by atoms with Gasteiger partial charge in [0.1, 0.15) is 12.2 Å². The highest BCUT2D eigenvalue weighted by Gasteiger charge is 2.27. The van der Waals surface area contributed by atoms with Crippen LogP contribution in [0.15, 0.2) is 131 Å². The highest BCUT2D eigenvalue weighted by atomic mass is 127. The van der Waals surface area contributed by atoms with E-state index in [1.54, 1.807) is 39.1 Å². The van der Waals surface area contributed by atoms with Crippen LogP contribution in [0.2, 0.25) is 0 Å². The predicted molar refractivity (Wildman–Crippen MR) is 321 cm³/mol. The summed E-state index contributed by atoms with van der Waals surface area (Å²) in [7, 11) is 0. The number of aromatic nitrogens is 2. The minimum absolute atomic E-state index is 0. The second kappa shape index (κ2) is 35.7. The maximum atomic E-state index is 12.1. The van der Waals surface area contributed by atoms with Crippen molar-refractivity contribution in [3.05, 3.63) is 153 Å². The number of alkyl halides is 1. The molecule has 8 N–H and O–H groups in total. The zero-order valence-corrected chi connectivity index (χ0v) is 48.6. The molecule has 0 radical (unpaired) electrons. The van der Waals surface area contributed by atoms with Gasteiger partial charge < -0.3 is 36.6 Å². The van der Waals surface area contributed by atoms with E-state index >= 15 is 0 Å². The molecule has 0 fully saturated rings. The largest absolute Gasteiger partial charge is 0.444 e. The highest BCUT2D eigenvalue weighted by Crippen LogP contribution is 2.42. The molecular weight excluding hydrogens is 1050 g/mol. The Morgan fingerprint density at radius 3 is 1.75 bits per heavy atom. The number of rotatable bonds is 20. The molecular formula is C62H93IN6O6+2. The van der Waals surface area contributed by atoms with Crippen LogP contribution >= 0.6 is 22.6 Å². The van der Waals surface area contributed by atoms with Crippen LogP contribution in [0.3, 0.4) is 0 Å². The average molecular weight is 1150 g/mol. The summed E-state index contributed by atoms with van der Waals surface area (Å²) in [4.78, 5) is 39.9. The molecule has 2 aromatic rings. The number of allylic oxidation sites excluding steroid dienone is 14. The number of carbonyl (C=O) groups excluding carboxylic acids is 3. The second-order valence-corrected chi connectivity index (χ2v) is 21.9. The van der Waals surface area contributed by atoms with E-state index in [0.717, 1.165) is 21.2 Å². The first-order valence-electron chi connectivity index (χ1n) is 26.0. The fourth-order valence-corrected chi connectivity index (χ4v) is 8.28. The molecule has 75 heavy (non-hydrogen) atoms. The monoisotopic (exact) mass is 1140 g/mol. The van der Waals surface area contributed by atoms with Crippen LogP contribution in [0.4, 0.5) is 4.79 Å². The predicted octanol–water partition coefficient (Wildman–Crippen LogP) is 11.2. The average Bonchev–Trinajstić information content (AvgIpc) is 3.33. The molecule has 2 aliphatic rings. The summed E-state index contributed by atoms with van der Waals surface area (Å²) in [6.45, 7) is 26.1. The van der Waals surface area contributed by atoms with Crippen molar-refractivity contribution in [3.8, 4) is 0 Å². The molecule has 0 bridgehead atoms. The minimum Gasteiger partial charge on any atom is -0.444 e. The Bertz CT molecular complexity index is 2440. The van der Waals surface area contributed by atoms with Crippen LogP contribution in [0.5, 0.6) is 0 Å². The number of nitrogens with one attached hydrogen (secondary N) is 3. The molecule has 2 aromatic heterocycles. The molecule has 0 spiro atoms. The van der Waals surface area contributed by atoms with E-state index in [0.29, 0.717) is 38.5 Å². The number of quaternary nitrogens is 1. The van der Waals surface area contributed by atoms with Gasteiger partial charge in [-0.3, -0.25) is 14.6 Å². The summed E-state index contributed by atoms with van der Waals surface area (Å²) in [5.74, 6) is -0.405.